The van der Waals surface area contributed by atoms with Crippen molar-refractivity contribution in [3.63, 3.8) is 0 Å². The Morgan fingerprint density at radius 2 is 2.04 bits per heavy atom. The summed E-state index contributed by atoms with van der Waals surface area (Å²) in [6, 6.07) is 5.92. The van der Waals surface area contributed by atoms with Crippen LogP contribution in [0.5, 0.6) is 0 Å². The molecule has 1 saturated carbocycles. The first-order valence-corrected chi connectivity index (χ1v) is 7.80. The third-order valence-electron chi connectivity index (χ3n) is 3.83. The molecule has 1 aliphatic carbocycles. The number of hydrogen-bond donors (Lipinski definition) is 2. The molecule has 0 spiro atoms. The molecule has 2 N–H and O–H groups in total. The van der Waals surface area contributed by atoms with Gasteiger partial charge in [0.15, 0.2) is 0 Å². The van der Waals surface area contributed by atoms with Gasteiger partial charge in [-0.1, -0.05) is 13.0 Å². The van der Waals surface area contributed by atoms with Gasteiger partial charge in [-0.2, -0.15) is 0 Å². The molecule has 3 atom stereocenters. The normalized spacial score (nSPS) is 20.3. The van der Waals surface area contributed by atoms with Crippen molar-refractivity contribution in [3.8, 4) is 0 Å². The summed E-state index contributed by atoms with van der Waals surface area (Å²) >= 11 is 0. The minimum absolute atomic E-state index is 0.0186. The summed E-state index contributed by atoms with van der Waals surface area (Å²) in [5.41, 5.74) is 0.952. The molecule has 1 aliphatic rings. The zero-order valence-corrected chi connectivity index (χ0v) is 13.6. The van der Waals surface area contributed by atoms with Gasteiger partial charge in [0.05, 0.1) is 6.61 Å². The third-order valence-corrected chi connectivity index (χ3v) is 3.83. The molecule has 0 saturated heterocycles. The molecule has 6 heteroatoms. The molecule has 0 aliphatic heterocycles. The Hall–Kier alpha value is -2.37. The van der Waals surface area contributed by atoms with Gasteiger partial charge in [-0.3, -0.25) is 9.59 Å². The summed E-state index contributed by atoms with van der Waals surface area (Å²) in [4.78, 5) is 35.6. The van der Waals surface area contributed by atoms with E-state index < -0.39 is 12.0 Å². The van der Waals surface area contributed by atoms with Crippen molar-refractivity contribution < 1.29 is 19.1 Å². The molecule has 23 heavy (non-hydrogen) atoms. The second kappa shape index (κ2) is 7.26. The van der Waals surface area contributed by atoms with E-state index >= 15 is 0 Å². The van der Waals surface area contributed by atoms with Gasteiger partial charge in [0.1, 0.15) is 6.04 Å². The van der Waals surface area contributed by atoms with Crippen LogP contribution in [0.25, 0.3) is 0 Å². The Labute approximate surface area is 135 Å². The minimum Gasteiger partial charge on any atom is -0.464 e. The molecule has 2 amide bonds. The Balaban J connectivity index is 1.97. The van der Waals surface area contributed by atoms with Crippen LogP contribution in [0.3, 0.4) is 0 Å². The molecule has 0 aromatic heterocycles. The lowest BCUT2D eigenvalue weighted by Gasteiger charge is -2.13. The number of ether oxygens (including phenoxy) is 1. The second-order valence-corrected chi connectivity index (χ2v) is 5.84. The standard InChI is InChI=1S/C17H22N2O4/c1-4-23-17(22)11(3)18-15(20)12-6-5-7-13(9-12)19-16(21)14-8-10(14)2/h5-7,9-11,14H,4,8H2,1-3H3,(H,18,20)(H,19,21). The van der Waals surface area contributed by atoms with Crippen LogP contribution in [0.2, 0.25) is 0 Å². The molecule has 0 radical (unpaired) electrons. The number of rotatable bonds is 6. The van der Waals surface area contributed by atoms with Crippen molar-refractivity contribution in [1.82, 2.24) is 5.32 Å². The van der Waals surface area contributed by atoms with Crippen molar-refractivity contribution >= 4 is 23.5 Å². The number of carbonyl (C=O) groups is 3. The van der Waals surface area contributed by atoms with E-state index in [1.807, 2.05) is 6.92 Å². The Morgan fingerprint density at radius 3 is 2.65 bits per heavy atom. The fourth-order valence-electron chi connectivity index (χ4n) is 2.27. The van der Waals surface area contributed by atoms with Crippen LogP contribution in [0.1, 0.15) is 37.6 Å². The molecule has 1 aromatic rings. The summed E-state index contributed by atoms with van der Waals surface area (Å²) in [7, 11) is 0. The van der Waals surface area contributed by atoms with Crippen LogP contribution in [0.15, 0.2) is 24.3 Å². The highest BCUT2D eigenvalue weighted by Crippen LogP contribution is 2.38. The quantitative estimate of drug-likeness (QED) is 0.785. The molecule has 0 bridgehead atoms. The molecule has 6 nitrogen and oxygen atoms in total. The fourth-order valence-corrected chi connectivity index (χ4v) is 2.27. The molecular weight excluding hydrogens is 296 g/mol. The number of esters is 1. The number of hydrogen-bond acceptors (Lipinski definition) is 4. The van der Waals surface area contributed by atoms with Crippen LogP contribution in [-0.2, 0) is 14.3 Å². The number of nitrogens with one attached hydrogen (secondary N) is 2. The predicted octanol–water partition coefficient (Wildman–Crippen LogP) is 1.96. The number of anilines is 1. The maximum atomic E-state index is 12.2. The van der Waals surface area contributed by atoms with Gasteiger partial charge >= 0.3 is 5.97 Å². The summed E-state index contributed by atoms with van der Waals surface area (Å²) < 4.78 is 4.85. The molecule has 1 fully saturated rings. The van der Waals surface area contributed by atoms with Crippen LogP contribution in [0, 0.1) is 11.8 Å². The largest absolute Gasteiger partial charge is 0.464 e. The van der Waals surface area contributed by atoms with Crippen molar-refractivity contribution in [2.75, 3.05) is 11.9 Å². The van der Waals surface area contributed by atoms with Crippen LogP contribution < -0.4 is 10.6 Å². The van der Waals surface area contributed by atoms with E-state index in [0.717, 1.165) is 6.42 Å². The minimum atomic E-state index is -0.729. The van der Waals surface area contributed by atoms with Gasteiger partial charge in [0.2, 0.25) is 5.91 Å². The zero-order valence-electron chi connectivity index (χ0n) is 13.6. The molecule has 124 valence electrons. The Morgan fingerprint density at radius 1 is 1.35 bits per heavy atom. The van der Waals surface area contributed by atoms with Crippen LogP contribution in [0.4, 0.5) is 5.69 Å². The number of benzene rings is 1. The van der Waals surface area contributed by atoms with E-state index in [2.05, 4.69) is 10.6 Å². The summed E-state index contributed by atoms with van der Waals surface area (Å²) in [5, 5.41) is 5.39. The molecule has 2 rings (SSSR count). The van der Waals surface area contributed by atoms with Crippen molar-refractivity contribution in [1.29, 1.82) is 0 Å². The van der Waals surface area contributed by atoms with E-state index in [0.29, 0.717) is 17.2 Å². The second-order valence-electron chi connectivity index (χ2n) is 5.84. The lowest BCUT2D eigenvalue weighted by Crippen LogP contribution is -2.39. The summed E-state index contributed by atoms with van der Waals surface area (Å²) in [6.07, 6.45) is 0.906. The molecule has 3 unspecified atom stereocenters. The van der Waals surface area contributed by atoms with Gasteiger partial charge in [0, 0.05) is 17.2 Å². The monoisotopic (exact) mass is 318 g/mol. The fraction of sp³-hybridized carbons (Fsp3) is 0.471. The first-order valence-electron chi connectivity index (χ1n) is 7.80. The van der Waals surface area contributed by atoms with E-state index in [4.69, 9.17) is 4.74 Å². The van der Waals surface area contributed by atoms with Crippen molar-refractivity contribution in [2.45, 2.75) is 33.2 Å². The SMILES string of the molecule is CCOC(=O)C(C)NC(=O)c1cccc(NC(=O)C2CC2C)c1. The van der Waals surface area contributed by atoms with E-state index in [1.54, 1.807) is 38.1 Å². The first-order chi connectivity index (χ1) is 10.9. The van der Waals surface area contributed by atoms with Gasteiger partial charge in [-0.25, -0.2) is 4.79 Å². The molecular formula is C17H22N2O4. The van der Waals surface area contributed by atoms with Gasteiger partial charge < -0.3 is 15.4 Å². The molecule has 1 aromatic carbocycles. The van der Waals surface area contributed by atoms with Crippen LogP contribution >= 0.6 is 0 Å². The first kappa shape index (κ1) is 17.0. The summed E-state index contributed by atoms with van der Waals surface area (Å²) in [5.74, 6) is -0.396. The highest BCUT2D eigenvalue weighted by Gasteiger charge is 2.39. The zero-order chi connectivity index (χ0) is 17.0. The smallest absolute Gasteiger partial charge is 0.328 e. The van der Waals surface area contributed by atoms with E-state index in [1.165, 1.54) is 0 Å². The predicted molar refractivity (Wildman–Crippen MR) is 85.9 cm³/mol. The average Bonchev–Trinajstić information content (AvgIpc) is 3.24. The summed E-state index contributed by atoms with van der Waals surface area (Å²) in [6.45, 7) is 5.57. The van der Waals surface area contributed by atoms with Gasteiger partial charge in [0.25, 0.3) is 5.91 Å². The lowest BCUT2D eigenvalue weighted by atomic mass is 10.1. The lowest BCUT2D eigenvalue weighted by molar-refractivity contribution is -0.144. The van der Waals surface area contributed by atoms with Gasteiger partial charge in [-0.05, 0) is 44.4 Å². The van der Waals surface area contributed by atoms with E-state index in [9.17, 15) is 14.4 Å². The topological polar surface area (TPSA) is 84.5 Å². The van der Waals surface area contributed by atoms with Crippen molar-refractivity contribution in [2.24, 2.45) is 11.8 Å². The number of amides is 2. The van der Waals surface area contributed by atoms with Gasteiger partial charge in [-0.15, -0.1) is 0 Å². The van der Waals surface area contributed by atoms with Crippen molar-refractivity contribution in [3.05, 3.63) is 29.8 Å². The number of carbonyl (C=O) groups excluding carboxylic acids is 3. The Bertz CT molecular complexity index is 614. The highest BCUT2D eigenvalue weighted by molar-refractivity contribution is 5.99. The van der Waals surface area contributed by atoms with Crippen LogP contribution in [-0.4, -0.2) is 30.4 Å². The Kier molecular flexibility index (Phi) is 5.36. The maximum absolute atomic E-state index is 12.2. The van der Waals surface area contributed by atoms with E-state index in [-0.39, 0.29) is 24.3 Å². The molecule has 0 heterocycles. The average molecular weight is 318 g/mol. The highest BCUT2D eigenvalue weighted by atomic mass is 16.5. The third kappa shape index (κ3) is 4.55. The maximum Gasteiger partial charge on any atom is 0.328 e.